The molecule has 4 heterocycles. The number of fused-ring (bicyclic) bond motifs is 3. The molecule has 6 rings (SSSR count). The van der Waals surface area contributed by atoms with Crippen LogP contribution in [0.15, 0.2) is 48.7 Å². The van der Waals surface area contributed by atoms with E-state index in [9.17, 15) is 4.79 Å². The van der Waals surface area contributed by atoms with Crippen molar-refractivity contribution in [1.82, 2.24) is 14.3 Å². The van der Waals surface area contributed by atoms with Gasteiger partial charge in [0.1, 0.15) is 5.69 Å². The highest BCUT2D eigenvalue weighted by atomic mass is 32.1. The quantitative estimate of drug-likeness (QED) is 0.457. The fourth-order valence-corrected chi connectivity index (χ4v) is 6.48. The number of hydrogen-bond acceptors (Lipinski definition) is 5. The van der Waals surface area contributed by atoms with E-state index in [1.54, 1.807) is 11.3 Å². The zero-order valence-corrected chi connectivity index (χ0v) is 19.9. The van der Waals surface area contributed by atoms with Crippen molar-refractivity contribution in [3.05, 3.63) is 59.9 Å². The Hall–Kier alpha value is -2.90. The fourth-order valence-electron chi connectivity index (χ4n) is 5.47. The van der Waals surface area contributed by atoms with Crippen molar-refractivity contribution in [1.29, 1.82) is 0 Å². The summed E-state index contributed by atoms with van der Waals surface area (Å²) in [5.74, 6) is -0.171. The lowest BCUT2D eigenvalue weighted by molar-refractivity contribution is 0.102. The van der Waals surface area contributed by atoms with Gasteiger partial charge in [0, 0.05) is 42.7 Å². The Morgan fingerprint density at radius 3 is 2.85 bits per heavy atom. The second-order valence-electron chi connectivity index (χ2n) is 9.42. The van der Waals surface area contributed by atoms with Crippen LogP contribution in [0.1, 0.15) is 42.2 Å². The number of thiazole rings is 1. The minimum Gasteiger partial charge on any atom is -0.370 e. The van der Waals surface area contributed by atoms with Gasteiger partial charge in [-0.15, -0.1) is 0 Å². The number of anilines is 2. The normalized spacial score (nSPS) is 21.5. The van der Waals surface area contributed by atoms with Crippen LogP contribution in [0.4, 0.5) is 11.4 Å². The van der Waals surface area contributed by atoms with Crippen molar-refractivity contribution in [2.75, 3.05) is 29.9 Å². The Bertz CT molecular complexity index is 1340. The zero-order chi connectivity index (χ0) is 22.5. The molecule has 6 nitrogen and oxygen atoms in total. The lowest BCUT2D eigenvalue weighted by atomic mass is 10.1. The summed E-state index contributed by atoms with van der Waals surface area (Å²) in [5.41, 5.74) is 4.68. The van der Waals surface area contributed by atoms with Gasteiger partial charge in [0.05, 0.1) is 10.2 Å². The maximum Gasteiger partial charge on any atom is 0.275 e. The van der Waals surface area contributed by atoms with E-state index < -0.39 is 0 Å². The first-order valence-electron chi connectivity index (χ1n) is 11.9. The van der Waals surface area contributed by atoms with Crippen molar-refractivity contribution >= 4 is 43.8 Å². The molecule has 0 bridgehead atoms. The molecule has 2 aliphatic rings. The molecular formula is C26H29N5OS. The molecule has 1 amide bonds. The summed E-state index contributed by atoms with van der Waals surface area (Å²) >= 11 is 1.60. The van der Waals surface area contributed by atoms with E-state index in [-0.39, 0.29) is 5.91 Å². The number of benzene rings is 2. The lowest BCUT2D eigenvalue weighted by Gasteiger charge is -2.28. The molecule has 0 spiro atoms. The largest absolute Gasteiger partial charge is 0.370 e. The Balaban J connectivity index is 1.16. The lowest BCUT2D eigenvalue weighted by Crippen LogP contribution is -2.39. The average molecular weight is 460 g/mol. The Labute approximate surface area is 197 Å². The zero-order valence-electron chi connectivity index (χ0n) is 19.1. The van der Waals surface area contributed by atoms with Gasteiger partial charge in [0.2, 0.25) is 0 Å². The van der Waals surface area contributed by atoms with Gasteiger partial charge in [0.15, 0.2) is 4.96 Å². The first-order chi connectivity index (χ1) is 16.1. The summed E-state index contributed by atoms with van der Waals surface area (Å²) in [6, 6.07) is 15.9. The van der Waals surface area contributed by atoms with Gasteiger partial charge in [-0.1, -0.05) is 23.5 Å². The van der Waals surface area contributed by atoms with Crippen LogP contribution in [0.2, 0.25) is 0 Å². The maximum absolute atomic E-state index is 12.9. The van der Waals surface area contributed by atoms with Crippen molar-refractivity contribution in [3.8, 4) is 0 Å². The molecule has 0 radical (unpaired) electrons. The monoisotopic (exact) mass is 459 g/mol. The molecule has 2 aromatic carbocycles. The van der Waals surface area contributed by atoms with E-state index >= 15 is 0 Å². The molecule has 2 aliphatic heterocycles. The number of aromatic nitrogens is 2. The van der Waals surface area contributed by atoms with Crippen LogP contribution in [0.3, 0.4) is 0 Å². The van der Waals surface area contributed by atoms with Gasteiger partial charge in [0.25, 0.3) is 5.91 Å². The van der Waals surface area contributed by atoms with Crippen molar-refractivity contribution in [2.24, 2.45) is 0 Å². The summed E-state index contributed by atoms with van der Waals surface area (Å²) in [5, 5.41) is 3.07. The Morgan fingerprint density at radius 1 is 1.15 bits per heavy atom. The van der Waals surface area contributed by atoms with Crippen LogP contribution in [-0.4, -0.2) is 51.9 Å². The molecule has 170 valence electrons. The third-order valence-corrected chi connectivity index (χ3v) is 8.33. The van der Waals surface area contributed by atoms with E-state index in [1.807, 2.05) is 28.8 Å². The number of nitrogens with zero attached hydrogens (tertiary/aromatic N) is 4. The SMILES string of the molecule is Cc1cc(N2CCC(N3CCCC3C)C2)ccc1NC(=O)c1cn2c(n1)sc1ccccc12. The summed E-state index contributed by atoms with van der Waals surface area (Å²) in [7, 11) is 0. The molecule has 2 aromatic heterocycles. The maximum atomic E-state index is 12.9. The average Bonchev–Trinajstić information content (AvgIpc) is 3.58. The number of hydrogen-bond donors (Lipinski definition) is 1. The van der Waals surface area contributed by atoms with Crippen LogP contribution < -0.4 is 10.2 Å². The van der Waals surface area contributed by atoms with Crippen LogP contribution in [0.5, 0.6) is 0 Å². The molecule has 2 saturated heterocycles. The molecular weight excluding hydrogens is 430 g/mol. The molecule has 7 heteroatoms. The van der Waals surface area contributed by atoms with Gasteiger partial charge in [-0.25, -0.2) is 4.98 Å². The van der Waals surface area contributed by atoms with Crippen molar-refractivity contribution < 1.29 is 4.79 Å². The number of carbonyl (C=O) groups is 1. The van der Waals surface area contributed by atoms with E-state index in [0.717, 1.165) is 34.8 Å². The number of aryl methyl sites for hydroxylation is 1. The molecule has 2 fully saturated rings. The van der Waals surface area contributed by atoms with E-state index in [1.165, 1.54) is 36.2 Å². The first-order valence-corrected chi connectivity index (χ1v) is 12.7. The molecule has 0 saturated carbocycles. The predicted octanol–water partition coefficient (Wildman–Crippen LogP) is 5.17. The molecule has 4 aromatic rings. The van der Waals surface area contributed by atoms with E-state index in [0.29, 0.717) is 17.8 Å². The minimum absolute atomic E-state index is 0.171. The second-order valence-corrected chi connectivity index (χ2v) is 10.4. The highest BCUT2D eigenvalue weighted by Crippen LogP contribution is 2.31. The summed E-state index contributed by atoms with van der Waals surface area (Å²) in [6.45, 7) is 7.86. The molecule has 2 atom stereocenters. The van der Waals surface area contributed by atoms with Crippen LogP contribution in [0.25, 0.3) is 15.2 Å². The van der Waals surface area contributed by atoms with Gasteiger partial charge < -0.3 is 10.2 Å². The number of amides is 1. The van der Waals surface area contributed by atoms with Gasteiger partial charge in [-0.2, -0.15) is 0 Å². The van der Waals surface area contributed by atoms with E-state index in [2.05, 4.69) is 58.2 Å². The summed E-state index contributed by atoms with van der Waals surface area (Å²) in [6.07, 6.45) is 5.72. The number of carbonyl (C=O) groups excluding carboxylic acids is 1. The third-order valence-electron chi connectivity index (χ3n) is 7.29. The molecule has 1 N–H and O–H groups in total. The molecule has 33 heavy (non-hydrogen) atoms. The first kappa shape index (κ1) is 20.7. The van der Waals surface area contributed by atoms with Gasteiger partial charge in [-0.05, 0) is 75.5 Å². The number of rotatable bonds is 4. The van der Waals surface area contributed by atoms with Gasteiger partial charge >= 0.3 is 0 Å². The topological polar surface area (TPSA) is 52.9 Å². The minimum atomic E-state index is -0.171. The number of likely N-dealkylation sites (tertiary alicyclic amines) is 1. The van der Waals surface area contributed by atoms with Gasteiger partial charge in [-0.3, -0.25) is 14.1 Å². The predicted molar refractivity (Wildman–Crippen MR) is 136 cm³/mol. The smallest absolute Gasteiger partial charge is 0.275 e. The highest BCUT2D eigenvalue weighted by Gasteiger charge is 2.33. The van der Waals surface area contributed by atoms with Crippen LogP contribution >= 0.6 is 11.3 Å². The second kappa shape index (κ2) is 8.15. The van der Waals surface area contributed by atoms with Crippen LogP contribution in [0, 0.1) is 6.92 Å². The summed E-state index contributed by atoms with van der Waals surface area (Å²) in [4.78, 5) is 23.5. The van der Waals surface area contributed by atoms with Crippen molar-refractivity contribution in [3.63, 3.8) is 0 Å². The Morgan fingerprint density at radius 2 is 2.03 bits per heavy atom. The Kier molecular flexibility index (Phi) is 5.11. The van der Waals surface area contributed by atoms with Crippen LogP contribution in [-0.2, 0) is 0 Å². The number of para-hydroxylation sites is 1. The highest BCUT2D eigenvalue weighted by molar-refractivity contribution is 7.23. The third kappa shape index (κ3) is 3.69. The van der Waals surface area contributed by atoms with Crippen molar-refractivity contribution in [2.45, 2.75) is 45.2 Å². The molecule has 2 unspecified atom stereocenters. The number of nitrogens with one attached hydrogen (secondary N) is 1. The standard InChI is InChI=1S/C26H29N5OS/c1-17-14-19(29-13-11-20(15-29)30-12-5-6-18(30)2)9-10-21(17)27-25(32)22-16-31-23-7-3-4-8-24(23)33-26(31)28-22/h3-4,7-10,14,16,18,20H,5-6,11-13,15H2,1-2H3,(H,27,32). The number of imidazole rings is 1. The van der Waals surface area contributed by atoms with E-state index in [4.69, 9.17) is 0 Å². The fraction of sp³-hybridized carbons (Fsp3) is 0.385. The summed E-state index contributed by atoms with van der Waals surface area (Å²) < 4.78 is 3.16. The molecule has 0 aliphatic carbocycles.